The lowest BCUT2D eigenvalue weighted by Crippen LogP contribution is -2.31. The van der Waals surface area contributed by atoms with Gasteiger partial charge >= 0.3 is 0 Å². The second kappa shape index (κ2) is 8.79. The molecule has 3 aromatic rings. The average molecular weight is 405 g/mol. The van der Waals surface area contributed by atoms with Crippen LogP contribution in [0, 0.1) is 12.8 Å². The Labute approximate surface area is 177 Å². The van der Waals surface area contributed by atoms with Gasteiger partial charge in [0, 0.05) is 31.1 Å². The van der Waals surface area contributed by atoms with Gasteiger partial charge in [0.15, 0.2) is 0 Å². The molecule has 6 heteroatoms. The van der Waals surface area contributed by atoms with Crippen molar-refractivity contribution in [3.05, 3.63) is 71.6 Å². The minimum Gasteiger partial charge on any atom is -0.420 e. The molecule has 2 atom stereocenters. The highest BCUT2D eigenvalue weighted by atomic mass is 16.4. The van der Waals surface area contributed by atoms with Crippen LogP contribution in [0.1, 0.15) is 22.9 Å². The van der Waals surface area contributed by atoms with Crippen LogP contribution < -0.4 is 0 Å². The highest BCUT2D eigenvalue weighted by Gasteiger charge is 2.39. The molecule has 1 aromatic heterocycles. The SMILES string of the molecule is Cc1cccc(CC(=O)N2C[C@H](CN(C)C)[C@@H](c3nnc(-c4ccccc4)o3)C2)c1. The van der Waals surface area contributed by atoms with Crippen LogP contribution in [-0.4, -0.2) is 59.6 Å². The molecule has 0 saturated carbocycles. The Morgan fingerprint density at radius 2 is 1.90 bits per heavy atom. The van der Waals surface area contributed by atoms with Gasteiger partial charge in [0.2, 0.25) is 17.7 Å². The molecule has 0 bridgehead atoms. The molecule has 0 radical (unpaired) electrons. The van der Waals surface area contributed by atoms with E-state index in [2.05, 4.69) is 35.3 Å². The van der Waals surface area contributed by atoms with Crippen molar-refractivity contribution in [2.75, 3.05) is 33.7 Å². The molecule has 0 aliphatic carbocycles. The molecule has 1 aliphatic heterocycles. The molecule has 2 heterocycles. The van der Waals surface area contributed by atoms with Gasteiger partial charge in [-0.15, -0.1) is 10.2 Å². The normalized spacial score (nSPS) is 18.9. The first-order valence-electron chi connectivity index (χ1n) is 10.4. The summed E-state index contributed by atoms with van der Waals surface area (Å²) in [6, 6.07) is 17.9. The fourth-order valence-corrected chi connectivity index (χ4v) is 4.20. The van der Waals surface area contributed by atoms with Gasteiger partial charge in [0.1, 0.15) is 0 Å². The van der Waals surface area contributed by atoms with Crippen LogP contribution in [-0.2, 0) is 11.2 Å². The quantitative estimate of drug-likeness (QED) is 0.630. The van der Waals surface area contributed by atoms with Crippen LogP contribution in [0.5, 0.6) is 0 Å². The second-order valence-corrected chi connectivity index (χ2v) is 8.40. The second-order valence-electron chi connectivity index (χ2n) is 8.40. The van der Waals surface area contributed by atoms with E-state index in [1.165, 1.54) is 5.56 Å². The molecular weight excluding hydrogens is 376 g/mol. The van der Waals surface area contributed by atoms with E-state index in [1.54, 1.807) is 0 Å². The molecule has 2 aromatic carbocycles. The highest BCUT2D eigenvalue weighted by Crippen LogP contribution is 2.34. The van der Waals surface area contributed by atoms with Gasteiger partial charge < -0.3 is 14.2 Å². The number of likely N-dealkylation sites (tertiary alicyclic amines) is 1. The molecule has 0 unspecified atom stereocenters. The van der Waals surface area contributed by atoms with Crippen LogP contribution in [0.3, 0.4) is 0 Å². The number of hydrogen-bond acceptors (Lipinski definition) is 5. The van der Waals surface area contributed by atoms with Crippen LogP contribution >= 0.6 is 0 Å². The zero-order valence-electron chi connectivity index (χ0n) is 17.8. The minimum atomic E-state index is 0.0406. The summed E-state index contributed by atoms with van der Waals surface area (Å²) >= 11 is 0. The van der Waals surface area contributed by atoms with Crippen LogP contribution in [0.15, 0.2) is 59.0 Å². The molecule has 156 valence electrons. The Balaban J connectivity index is 1.52. The lowest BCUT2D eigenvalue weighted by Gasteiger charge is -2.19. The van der Waals surface area contributed by atoms with Gasteiger partial charge in [-0.25, -0.2) is 0 Å². The predicted octanol–water partition coefficient (Wildman–Crippen LogP) is 3.39. The molecule has 1 aliphatic rings. The Kier molecular flexibility index (Phi) is 5.95. The number of benzene rings is 2. The Morgan fingerprint density at radius 3 is 2.63 bits per heavy atom. The Hall–Kier alpha value is -2.99. The van der Waals surface area contributed by atoms with E-state index in [1.807, 2.05) is 60.4 Å². The summed E-state index contributed by atoms with van der Waals surface area (Å²) in [4.78, 5) is 17.1. The number of hydrogen-bond donors (Lipinski definition) is 0. The van der Waals surface area contributed by atoms with Crippen molar-refractivity contribution in [3.8, 4) is 11.5 Å². The minimum absolute atomic E-state index is 0.0406. The zero-order valence-corrected chi connectivity index (χ0v) is 17.8. The van der Waals surface area contributed by atoms with Crippen molar-refractivity contribution in [2.24, 2.45) is 5.92 Å². The number of carbonyl (C=O) groups is 1. The number of carbonyl (C=O) groups excluding carboxylic acids is 1. The summed E-state index contributed by atoms with van der Waals surface area (Å²) in [6.45, 7) is 4.23. The summed E-state index contributed by atoms with van der Waals surface area (Å²) in [5.41, 5.74) is 3.13. The van der Waals surface area contributed by atoms with Gasteiger partial charge in [0.05, 0.1) is 12.3 Å². The average Bonchev–Trinajstić information content (AvgIpc) is 3.35. The van der Waals surface area contributed by atoms with Crippen LogP contribution in [0.2, 0.25) is 0 Å². The summed E-state index contributed by atoms with van der Waals surface area (Å²) in [7, 11) is 4.11. The first-order valence-corrected chi connectivity index (χ1v) is 10.4. The lowest BCUT2D eigenvalue weighted by atomic mass is 9.95. The first-order chi connectivity index (χ1) is 14.5. The van der Waals surface area contributed by atoms with Gasteiger partial charge in [-0.05, 0) is 38.7 Å². The Bertz CT molecular complexity index is 999. The summed E-state index contributed by atoms with van der Waals surface area (Å²) in [6.07, 6.45) is 0.419. The molecule has 30 heavy (non-hydrogen) atoms. The third kappa shape index (κ3) is 4.60. The third-order valence-corrected chi connectivity index (χ3v) is 5.61. The molecule has 6 nitrogen and oxygen atoms in total. The van der Waals surface area contributed by atoms with Crippen LogP contribution in [0.25, 0.3) is 11.5 Å². The standard InChI is InChI=1S/C24H28N4O2/c1-17-8-7-9-18(12-17)13-22(29)28-15-20(14-27(2)3)21(16-28)24-26-25-23(30-24)19-10-5-4-6-11-19/h4-12,20-21H,13-16H2,1-3H3/t20-,21-/m0/s1. The summed E-state index contributed by atoms with van der Waals surface area (Å²) < 4.78 is 6.05. The van der Waals surface area contributed by atoms with E-state index in [-0.39, 0.29) is 17.7 Å². The third-order valence-electron chi connectivity index (χ3n) is 5.61. The fourth-order valence-electron chi connectivity index (χ4n) is 4.20. The van der Waals surface area contributed by atoms with E-state index < -0.39 is 0 Å². The van der Waals surface area contributed by atoms with E-state index in [0.29, 0.717) is 31.3 Å². The maximum Gasteiger partial charge on any atom is 0.247 e. The number of nitrogens with zero attached hydrogens (tertiary/aromatic N) is 4. The van der Waals surface area contributed by atoms with Crippen molar-refractivity contribution in [1.82, 2.24) is 20.0 Å². The van der Waals surface area contributed by atoms with E-state index >= 15 is 0 Å². The van der Waals surface area contributed by atoms with Gasteiger partial charge in [-0.3, -0.25) is 4.79 Å². The number of rotatable bonds is 6. The van der Waals surface area contributed by atoms with E-state index in [4.69, 9.17) is 4.42 Å². The molecule has 1 fully saturated rings. The van der Waals surface area contributed by atoms with Crippen molar-refractivity contribution in [3.63, 3.8) is 0 Å². The van der Waals surface area contributed by atoms with Gasteiger partial charge in [0.25, 0.3) is 0 Å². The smallest absolute Gasteiger partial charge is 0.247 e. The maximum atomic E-state index is 13.0. The molecule has 0 N–H and O–H groups in total. The summed E-state index contributed by atoms with van der Waals surface area (Å²) in [5.74, 6) is 1.59. The summed E-state index contributed by atoms with van der Waals surface area (Å²) in [5, 5.41) is 8.61. The molecule has 4 rings (SSSR count). The highest BCUT2D eigenvalue weighted by molar-refractivity contribution is 5.79. The van der Waals surface area contributed by atoms with E-state index in [9.17, 15) is 4.79 Å². The fraction of sp³-hybridized carbons (Fsp3) is 0.375. The molecule has 1 amide bonds. The Morgan fingerprint density at radius 1 is 1.10 bits per heavy atom. The van der Waals surface area contributed by atoms with Crippen molar-refractivity contribution in [1.29, 1.82) is 0 Å². The lowest BCUT2D eigenvalue weighted by molar-refractivity contribution is -0.129. The molecule has 1 saturated heterocycles. The van der Waals surface area contributed by atoms with E-state index in [0.717, 1.165) is 17.7 Å². The molecular formula is C24H28N4O2. The van der Waals surface area contributed by atoms with Crippen molar-refractivity contribution < 1.29 is 9.21 Å². The van der Waals surface area contributed by atoms with Gasteiger partial charge in [-0.2, -0.15) is 0 Å². The number of aryl methyl sites for hydroxylation is 1. The monoisotopic (exact) mass is 404 g/mol. The topological polar surface area (TPSA) is 62.5 Å². The van der Waals surface area contributed by atoms with Crippen molar-refractivity contribution >= 4 is 5.91 Å². The van der Waals surface area contributed by atoms with Crippen LogP contribution in [0.4, 0.5) is 0 Å². The largest absolute Gasteiger partial charge is 0.420 e. The molecule has 0 spiro atoms. The number of amides is 1. The zero-order chi connectivity index (χ0) is 21.1. The predicted molar refractivity (Wildman–Crippen MR) is 116 cm³/mol. The van der Waals surface area contributed by atoms with Crippen molar-refractivity contribution in [2.45, 2.75) is 19.3 Å². The maximum absolute atomic E-state index is 13.0. The number of aromatic nitrogens is 2. The first kappa shape index (κ1) is 20.3. The van der Waals surface area contributed by atoms with Gasteiger partial charge in [-0.1, -0.05) is 48.0 Å².